The summed E-state index contributed by atoms with van der Waals surface area (Å²) in [6.07, 6.45) is 0. The van der Waals surface area contributed by atoms with Crippen LogP contribution in [0.2, 0.25) is 0 Å². The molecule has 23 heavy (non-hydrogen) atoms. The van der Waals surface area contributed by atoms with Crippen LogP contribution in [0.15, 0.2) is 29.3 Å². The van der Waals surface area contributed by atoms with Crippen molar-refractivity contribution >= 4 is 35.6 Å². The monoisotopic (exact) mass is 434 g/mol. The summed E-state index contributed by atoms with van der Waals surface area (Å²) in [6, 6.07) is 8.46. The average Bonchev–Trinajstić information content (AvgIpc) is 2.54. The second-order valence-electron chi connectivity index (χ2n) is 5.43. The highest BCUT2D eigenvalue weighted by atomic mass is 127. The number of hydrogen-bond acceptors (Lipinski definition) is 4. The van der Waals surface area contributed by atoms with E-state index in [9.17, 15) is 0 Å². The van der Waals surface area contributed by atoms with Crippen molar-refractivity contribution in [3.63, 3.8) is 0 Å². The number of benzene rings is 1. The average molecular weight is 434 g/mol. The molecular formula is C16H27IN4O2. The standard InChI is InChI=1S/C16H26N4O2.HI/c1-13(12-21-2)19-16(17)18-11-14-5-3-4-6-15(14)20-7-9-22-10-8-20;/h3-6,13H,7-12H2,1-2H3,(H3,17,18,19);1H. The number of morpholine rings is 1. The lowest BCUT2D eigenvalue weighted by Crippen LogP contribution is -2.40. The molecule has 1 fully saturated rings. The van der Waals surface area contributed by atoms with Gasteiger partial charge in [0.1, 0.15) is 0 Å². The number of halogens is 1. The van der Waals surface area contributed by atoms with E-state index in [1.54, 1.807) is 7.11 Å². The molecule has 1 aromatic carbocycles. The van der Waals surface area contributed by atoms with Gasteiger partial charge in [-0.2, -0.15) is 0 Å². The summed E-state index contributed by atoms with van der Waals surface area (Å²) in [5, 5.41) is 3.12. The van der Waals surface area contributed by atoms with Gasteiger partial charge in [-0.25, -0.2) is 4.99 Å². The topological polar surface area (TPSA) is 72.1 Å². The molecule has 1 heterocycles. The van der Waals surface area contributed by atoms with Crippen molar-refractivity contribution in [2.75, 3.05) is 44.9 Å². The molecule has 130 valence electrons. The lowest BCUT2D eigenvalue weighted by molar-refractivity contribution is 0.122. The number of guanidine groups is 1. The van der Waals surface area contributed by atoms with Crippen molar-refractivity contribution in [2.45, 2.75) is 19.5 Å². The van der Waals surface area contributed by atoms with Crippen LogP contribution in [0.25, 0.3) is 0 Å². The SMILES string of the molecule is COCC(C)NC(N)=NCc1ccccc1N1CCOCC1.I. The molecule has 0 aliphatic carbocycles. The zero-order valence-corrected chi connectivity index (χ0v) is 16.2. The van der Waals surface area contributed by atoms with E-state index in [4.69, 9.17) is 15.2 Å². The van der Waals surface area contributed by atoms with E-state index in [0.29, 0.717) is 19.1 Å². The van der Waals surface area contributed by atoms with Gasteiger partial charge in [0.25, 0.3) is 0 Å². The predicted octanol–water partition coefficient (Wildman–Crippen LogP) is 1.58. The Hall–Kier alpha value is -1.06. The van der Waals surface area contributed by atoms with Gasteiger partial charge in [0, 0.05) is 31.9 Å². The molecular weight excluding hydrogens is 407 g/mol. The van der Waals surface area contributed by atoms with Crippen LogP contribution in [-0.4, -0.2) is 52.0 Å². The number of methoxy groups -OCH3 is 1. The molecule has 1 aliphatic heterocycles. The van der Waals surface area contributed by atoms with E-state index in [1.165, 1.54) is 11.3 Å². The number of aliphatic imine (C=N–C) groups is 1. The highest BCUT2D eigenvalue weighted by molar-refractivity contribution is 14.0. The number of rotatable bonds is 6. The first-order chi connectivity index (χ1) is 10.7. The molecule has 1 atom stereocenters. The van der Waals surface area contributed by atoms with Gasteiger partial charge in [-0.15, -0.1) is 24.0 Å². The minimum Gasteiger partial charge on any atom is -0.383 e. The smallest absolute Gasteiger partial charge is 0.189 e. The molecule has 0 bridgehead atoms. The highest BCUT2D eigenvalue weighted by Gasteiger charge is 2.14. The zero-order chi connectivity index (χ0) is 15.8. The highest BCUT2D eigenvalue weighted by Crippen LogP contribution is 2.22. The maximum Gasteiger partial charge on any atom is 0.189 e. The Morgan fingerprint density at radius 3 is 2.78 bits per heavy atom. The van der Waals surface area contributed by atoms with Gasteiger partial charge >= 0.3 is 0 Å². The van der Waals surface area contributed by atoms with Crippen LogP contribution in [-0.2, 0) is 16.0 Å². The summed E-state index contributed by atoms with van der Waals surface area (Å²) < 4.78 is 10.5. The third kappa shape index (κ3) is 6.52. The zero-order valence-electron chi connectivity index (χ0n) is 13.8. The van der Waals surface area contributed by atoms with Crippen molar-refractivity contribution in [1.82, 2.24) is 5.32 Å². The number of nitrogens with zero attached hydrogens (tertiary/aromatic N) is 2. The van der Waals surface area contributed by atoms with E-state index in [1.807, 2.05) is 13.0 Å². The number of anilines is 1. The minimum atomic E-state index is 0. The summed E-state index contributed by atoms with van der Waals surface area (Å²) in [7, 11) is 1.67. The number of para-hydroxylation sites is 1. The Kier molecular flexibility index (Phi) is 9.27. The van der Waals surface area contributed by atoms with Crippen molar-refractivity contribution in [3.05, 3.63) is 29.8 Å². The van der Waals surface area contributed by atoms with Gasteiger partial charge in [-0.05, 0) is 18.6 Å². The van der Waals surface area contributed by atoms with Crippen LogP contribution in [0, 0.1) is 0 Å². The minimum absolute atomic E-state index is 0. The third-order valence-electron chi connectivity index (χ3n) is 3.57. The first-order valence-electron chi connectivity index (χ1n) is 7.66. The fourth-order valence-electron chi connectivity index (χ4n) is 2.52. The van der Waals surface area contributed by atoms with Gasteiger partial charge < -0.3 is 25.4 Å². The molecule has 1 unspecified atom stereocenters. The van der Waals surface area contributed by atoms with Crippen molar-refractivity contribution < 1.29 is 9.47 Å². The second-order valence-corrected chi connectivity index (χ2v) is 5.43. The van der Waals surface area contributed by atoms with Gasteiger partial charge in [-0.1, -0.05) is 18.2 Å². The van der Waals surface area contributed by atoms with E-state index in [-0.39, 0.29) is 30.0 Å². The molecule has 0 saturated carbocycles. The van der Waals surface area contributed by atoms with Gasteiger partial charge in [0.05, 0.1) is 26.4 Å². The molecule has 0 spiro atoms. The van der Waals surface area contributed by atoms with Crippen LogP contribution >= 0.6 is 24.0 Å². The molecule has 1 aromatic rings. The fraction of sp³-hybridized carbons (Fsp3) is 0.562. The molecule has 0 aromatic heterocycles. The Bertz CT molecular complexity index is 493. The Balaban J connectivity index is 0.00000264. The van der Waals surface area contributed by atoms with Crippen molar-refractivity contribution in [1.29, 1.82) is 0 Å². The Morgan fingerprint density at radius 2 is 2.09 bits per heavy atom. The maximum absolute atomic E-state index is 5.93. The normalized spacial score (nSPS) is 16.6. The largest absolute Gasteiger partial charge is 0.383 e. The number of ether oxygens (including phenoxy) is 2. The van der Waals surface area contributed by atoms with Crippen LogP contribution < -0.4 is 16.0 Å². The van der Waals surface area contributed by atoms with Crippen LogP contribution in [0.3, 0.4) is 0 Å². The number of nitrogens with two attached hydrogens (primary N) is 1. The lowest BCUT2D eigenvalue weighted by atomic mass is 10.1. The van der Waals surface area contributed by atoms with E-state index in [2.05, 4.69) is 33.4 Å². The Morgan fingerprint density at radius 1 is 1.39 bits per heavy atom. The van der Waals surface area contributed by atoms with E-state index < -0.39 is 0 Å². The molecule has 6 nitrogen and oxygen atoms in total. The molecule has 0 radical (unpaired) electrons. The lowest BCUT2D eigenvalue weighted by Gasteiger charge is -2.30. The number of hydrogen-bond donors (Lipinski definition) is 2. The van der Waals surface area contributed by atoms with Crippen LogP contribution in [0.5, 0.6) is 0 Å². The summed E-state index contributed by atoms with van der Waals surface area (Å²) in [4.78, 5) is 6.78. The molecule has 1 aliphatic rings. The van der Waals surface area contributed by atoms with E-state index >= 15 is 0 Å². The third-order valence-corrected chi connectivity index (χ3v) is 3.57. The maximum atomic E-state index is 5.93. The van der Waals surface area contributed by atoms with Crippen LogP contribution in [0.4, 0.5) is 5.69 Å². The summed E-state index contributed by atoms with van der Waals surface area (Å²) in [5.74, 6) is 0.446. The van der Waals surface area contributed by atoms with Crippen molar-refractivity contribution in [3.8, 4) is 0 Å². The van der Waals surface area contributed by atoms with E-state index in [0.717, 1.165) is 26.3 Å². The summed E-state index contributed by atoms with van der Waals surface area (Å²) in [5.41, 5.74) is 8.32. The first kappa shape index (κ1) is 20.0. The van der Waals surface area contributed by atoms with Crippen LogP contribution in [0.1, 0.15) is 12.5 Å². The van der Waals surface area contributed by atoms with Gasteiger partial charge in [0.2, 0.25) is 0 Å². The molecule has 0 amide bonds. The molecule has 1 saturated heterocycles. The van der Waals surface area contributed by atoms with Gasteiger partial charge in [0.15, 0.2) is 5.96 Å². The predicted molar refractivity (Wildman–Crippen MR) is 105 cm³/mol. The molecule has 2 rings (SSSR count). The first-order valence-corrected chi connectivity index (χ1v) is 7.66. The summed E-state index contributed by atoms with van der Waals surface area (Å²) >= 11 is 0. The quantitative estimate of drug-likeness (QED) is 0.404. The van der Waals surface area contributed by atoms with Crippen molar-refractivity contribution in [2.24, 2.45) is 10.7 Å². The number of nitrogens with one attached hydrogen (secondary N) is 1. The second kappa shape index (κ2) is 10.7. The Labute approximate surface area is 155 Å². The molecule has 3 N–H and O–H groups in total. The van der Waals surface area contributed by atoms with Gasteiger partial charge in [-0.3, -0.25) is 0 Å². The fourth-order valence-corrected chi connectivity index (χ4v) is 2.52. The molecule has 7 heteroatoms. The summed E-state index contributed by atoms with van der Waals surface area (Å²) in [6.45, 7) is 6.55.